The molecule has 22 heavy (non-hydrogen) atoms. The third-order valence-corrected chi connectivity index (χ3v) is 5.54. The molecule has 0 N–H and O–H groups in total. The highest BCUT2D eigenvalue weighted by atomic mass is 79.9. The Hall–Kier alpha value is -0.800. The monoisotopic (exact) mass is 380 g/mol. The van der Waals surface area contributed by atoms with Gasteiger partial charge in [-0.25, -0.2) is 4.39 Å². The molecule has 2 aromatic carbocycles. The van der Waals surface area contributed by atoms with Gasteiger partial charge in [-0.1, -0.05) is 58.6 Å². The van der Waals surface area contributed by atoms with E-state index < -0.39 is 0 Å². The van der Waals surface area contributed by atoms with Gasteiger partial charge in [-0.3, -0.25) is 0 Å². The standard InChI is InChI=1S/C19H22BrFS/c1-15-6-12-18(13-7-15)22-19(5-3-2-4-14-20)16-8-10-17(21)11-9-16/h6-13,19H,2-5,14H2,1H3. The third kappa shape index (κ3) is 5.77. The van der Waals surface area contributed by atoms with Crippen LogP contribution in [0.15, 0.2) is 53.4 Å². The lowest BCUT2D eigenvalue weighted by molar-refractivity contribution is 0.624. The molecule has 1 unspecified atom stereocenters. The molecule has 0 aromatic heterocycles. The van der Waals surface area contributed by atoms with Crippen molar-refractivity contribution in [3.63, 3.8) is 0 Å². The second-order valence-electron chi connectivity index (χ2n) is 5.51. The lowest BCUT2D eigenvalue weighted by Crippen LogP contribution is -1.95. The summed E-state index contributed by atoms with van der Waals surface area (Å²) in [7, 11) is 0. The molecular weight excluding hydrogens is 359 g/mol. The van der Waals surface area contributed by atoms with Gasteiger partial charge >= 0.3 is 0 Å². The van der Waals surface area contributed by atoms with Crippen LogP contribution in [0.3, 0.4) is 0 Å². The number of benzene rings is 2. The molecule has 0 radical (unpaired) electrons. The van der Waals surface area contributed by atoms with Gasteiger partial charge in [-0.2, -0.15) is 0 Å². The van der Waals surface area contributed by atoms with E-state index in [1.165, 1.54) is 35.3 Å². The predicted molar refractivity (Wildman–Crippen MR) is 98.4 cm³/mol. The van der Waals surface area contributed by atoms with E-state index in [2.05, 4.69) is 47.1 Å². The highest BCUT2D eigenvalue weighted by Gasteiger charge is 2.13. The fourth-order valence-electron chi connectivity index (χ4n) is 2.35. The lowest BCUT2D eigenvalue weighted by Gasteiger charge is -2.17. The van der Waals surface area contributed by atoms with Crippen LogP contribution in [0.1, 0.15) is 42.1 Å². The molecule has 0 heterocycles. The molecule has 0 amide bonds. The van der Waals surface area contributed by atoms with Crippen molar-refractivity contribution in [2.75, 3.05) is 5.33 Å². The molecule has 0 aliphatic carbocycles. The Morgan fingerprint density at radius 2 is 1.64 bits per heavy atom. The maximum absolute atomic E-state index is 13.2. The van der Waals surface area contributed by atoms with Crippen molar-refractivity contribution >= 4 is 27.7 Å². The SMILES string of the molecule is Cc1ccc(SC(CCCCCBr)c2ccc(F)cc2)cc1. The summed E-state index contributed by atoms with van der Waals surface area (Å²) in [5.41, 5.74) is 2.49. The first-order chi connectivity index (χ1) is 10.7. The minimum Gasteiger partial charge on any atom is -0.207 e. The van der Waals surface area contributed by atoms with E-state index in [-0.39, 0.29) is 5.82 Å². The number of rotatable bonds is 8. The van der Waals surface area contributed by atoms with Gasteiger partial charge in [0.1, 0.15) is 5.82 Å². The van der Waals surface area contributed by atoms with E-state index in [0.29, 0.717) is 5.25 Å². The lowest BCUT2D eigenvalue weighted by atomic mass is 10.1. The first-order valence-corrected chi connectivity index (χ1v) is 9.74. The number of hydrogen-bond acceptors (Lipinski definition) is 1. The second kappa shape index (κ2) is 9.36. The van der Waals surface area contributed by atoms with Gasteiger partial charge in [-0.15, -0.1) is 11.8 Å². The van der Waals surface area contributed by atoms with Gasteiger partial charge in [0, 0.05) is 15.5 Å². The van der Waals surface area contributed by atoms with E-state index >= 15 is 0 Å². The van der Waals surface area contributed by atoms with Crippen molar-refractivity contribution in [1.82, 2.24) is 0 Å². The van der Waals surface area contributed by atoms with E-state index in [9.17, 15) is 4.39 Å². The van der Waals surface area contributed by atoms with Gasteiger partial charge in [0.05, 0.1) is 0 Å². The number of hydrogen-bond donors (Lipinski definition) is 0. The Balaban J connectivity index is 2.06. The molecule has 0 saturated carbocycles. The molecule has 118 valence electrons. The zero-order valence-corrected chi connectivity index (χ0v) is 15.3. The first-order valence-electron chi connectivity index (χ1n) is 7.74. The van der Waals surface area contributed by atoms with E-state index in [1.807, 2.05) is 23.9 Å². The maximum Gasteiger partial charge on any atom is 0.123 e. The van der Waals surface area contributed by atoms with E-state index in [4.69, 9.17) is 0 Å². The molecular formula is C19H22BrFS. The topological polar surface area (TPSA) is 0 Å². The molecule has 0 saturated heterocycles. The molecule has 0 aliphatic rings. The number of alkyl halides is 1. The molecule has 0 nitrogen and oxygen atoms in total. The molecule has 3 heteroatoms. The Labute approximate surface area is 145 Å². The molecule has 2 aromatic rings. The summed E-state index contributed by atoms with van der Waals surface area (Å²) < 4.78 is 13.2. The van der Waals surface area contributed by atoms with E-state index in [1.54, 1.807) is 12.1 Å². The Bertz CT molecular complexity index is 551. The average Bonchev–Trinajstić information content (AvgIpc) is 2.53. The number of thioether (sulfide) groups is 1. The van der Waals surface area contributed by atoms with Crippen molar-refractivity contribution in [1.29, 1.82) is 0 Å². The summed E-state index contributed by atoms with van der Waals surface area (Å²) in [5, 5.41) is 1.46. The number of aryl methyl sites for hydroxylation is 1. The summed E-state index contributed by atoms with van der Waals surface area (Å²) in [5.74, 6) is -0.165. The number of halogens is 2. The van der Waals surface area contributed by atoms with Gasteiger partial charge in [-0.05, 0) is 49.6 Å². The third-order valence-electron chi connectivity index (χ3n) is 3.64. The van der Waals surface area contributed by atoms with Crippen molar-refractivity contribution in [3.05, 3.63) is 65.5 Å². The van der Waals surface area contributed by atoms with Crippen LogP contribution in [0.4, 0.5) is 4.39 Å². The smallest absolute Gasteiger partial charge is 0.123 e. The summed E-state index contributed by atoms with van der Waals surface area (Å²) in [6.07, 6.45) is 4.77. The molecule has 1 atom stereocenters. The molecule has 2 rings (SSSR count). The van der Waals surface area contributed by atoms with Gasteiger partial charge in [0.25, 0.3) is 0 Å². The van der Waals surface area contributed by atoms with Crippen molar-refractivity contribution in [3.8, 4) is 0 Å². The van der Waals surface area contributed by atoms with Gasteiger partial charge < -0.3 is 0 Å². The van der Waals surface area contributed by atoms with E-state index in [0.717, 1.165) is 11.8 Å². The summed E-state index contributed by atoms with van der Waals surface area (Å²) in [6, 6.07) is 15.6. The highest BCUT2D eigenvalue weighted by molar-refractivity contribution is 9.09. The minimum atomic E-state index is -0.165. The van der Waals surface area contributed by atoms with Crippen LogP contribution in [0.5, 0.6) is 0 Å². The highest BCUT2D eigenvalue weighted by Crippen LogP contribution is 2.39. The summed E-state index contributed by atoms with van der Waals surface area (Å²) in [4.78, 5) is 1.28. The molecule has 0 aliphatic heterocycles. The summed E-state index contributed by atoms with van der Waals surface area (Å²) in [6.45, 7) is 2.10. The summed E-state index contributed by atoms with van der Waals surface area (Å²) >= 11 is 5.36. The zero-order chi connectivity index (χ0) is 15.8. The minimum absolute atomic E-state index is 0.165. The normalized spacial score (nSPS) is 12.3. The molecule has 0 fully saturated rings. The maximum atomic E-state index is 13.2. The molecule has 0 bridgehead atoms. The number of unbranched alkanes of at least 4 members (excludes halogenated alkanes) is 2. The Morgan fingerprint density at radius 1 is 0.955 bits per heavy atom. The van der Waals surface area contributed by atoms with Crippen LogP contribution in [0, 0.1) is 12.7 Å². The quantitative estimate of drug-likeness (QED) is 0.272. The first kappa shape index (κ1) is 17.6. The van der Waals surface area contributed by atoms with Gasteiger partial charge in [0.2, 0.25) is 0 Å². The van der Waals surface area contributed by atoms with Crippen molar-refractivity contribution < 1.29 is 4.39 Å². The van der Waals surface area contributed by atoms with Crippen LogP contribution >= 0.6 is 27.7 Å². The van der Waals surface area contributed by atoms with Crippen LogP contribution < -0.4 is 0 Å². The van der Waals surface area contributed by atoms with Crippen LogP contribution in [0.2, 0.25) is 0 Å². The van der Waals surface area contributed by atoms with Crippen LogP contribution in [0.25, 0.3) is 0 Å². The van der Waals surface area contributed by atoms with Crippen LogP contribution in [-0.4, -0.2) is 5.33 Å². The fraction of sp³-hybridized carbons (Fsp3) is 0.368. The average molecular weight is 381 g/mol. The zero-order valence-electron chi connectivity index (χ0n) is 12.9. The largest absolute Gasteiger partial charge is 0.207 e. The van der Waals surface area contributed by atoms with Crippen molar-refractivity contribution in [2.24, 2.45) is 0 Å². The fourth-order valence-corrected chi connectivity index (χ4v) is 3.95. The predicted octanol–water partition coefficient (Wildman–Crippen LogP) is 6.92. The second-order valence-corrected chi connectivity index (χ2v) is 7.58. The van der Waals surface area contributed by atoms with Crippen molar-refractivity contribution in [2.45, 2.75) is 42.8 Å². The Kier molecular flexibility index (Phi) is 7.47. The van der Waals surface area contributed by atoms with Crippen LogP contribution in [-0.2, 0) is 0 Å². The molecule has 0 spiro atoms. The Morgan fingerprint density at radius 3 is 2.27 bits per heavy atom. The van der Waals surface area contributed by atoms with Gasteiger partial charge in [0.15, 0.2) is 0 Å².